The number of halogens is 2. The summed E-state index contributed by atoms with van der Waals surface area (Å²) in [5, 5.41) is 27.3. The molecule has 1 heterocycles. The standard InChI is InChI=1S/C16H16F2N2O4S/c17-13-10-5-6-20-7-11(12(10)14(18)16(22)15(13)21)8-1-3-9(4-2-8)25(19,23)24/h1-4,11,20-22H,5-7H2,(H2,19,23,24). The van der Waals surface area contributed by atoms with Gasteiger partial charge < -0.3 is 15.5 Å². The molecule has 25 heavy (non-hydrogen) atoms. The summed E-state index contributed by atoms with van der Waals surface area (Å²) < 4.78 is 51.6. The lowest BCUT2D eigenvalue weighted by molar-refractivity contribution is 0.353. The molecule has 0 radical (unpaired) electrons. The van der Waals surface area contributed by atoms with Crippen LogP contribution >= 0.6 is 0 Å². The van der Waals surface area contributed by atoms with E-state index in [4.69, 9.17) is 5.14 Å². The molecule has 3 rings (SSSR count). The lowest BCUT2D eigenvalue weighted by atomic mass is 9.87. The molecule has 5 N–H and O–H groups in total. The fraction of sp³-hybridized carbons (Fsp3) is 0.250. The van der Waals surface area contributed by atoms with E-state index < -0.39 is 39.1 Å². The van der Waals surface area contributed by atoms with Gasteiger partial charge in [-0.1, -0.05) is 12.1 Å². The van der Waals surface area contributed by atoms with Crippen molar-refractivity contribution in [1.82, 2.24) is 5.32 Å². The lowest BCUT2D eigenvalue weighted by Gasteiger charge is -2.20. The van der Waals surface area contributed by atoms with Crippen LogP contribution in [0, 0.1) is 11.6 Å². The van der Waals surface area contributed by atoms with Crippen LogP contribution in [0.1, 0.15) is 22.6 Å². The molecular formula is C16H16F2N2O4S. The number of phenols is 2. The highest BCUT2D eigenvalue weighted by Crippen LogP contribution is 2.42. The first-order valence-corrected chi connectivity index (χ1v) is 9.01. The Bertz CT molecular complexity index is 930. The Hall–Kier alpha value is -2.23. The Kier molecular flexibility index (Phi) is 4.40. The van der Waals surface area contributed by atoms with Crippen LogP contribution in [0.25, 0.3) is 0 Å². The number of phenolic OH excluding ortho intramolecular Hbond substituents is 2. The van der Waals surface area contributed by atoms with Crippen LogP contribution in [0.2, 0.25) is 0 Å². The van der Waals surface area contributed by atoms with Crippen LogP contribution in [0.5, 0.6) is 11.5 Å². The molecule has 0 spiro atoms. The minimum Gasteiger partial charge on any atom is -0.502 e. The molecule has 0 saturated carbocycles. The van der Waals surface area contributed by atoms with Crippen LogP contribution in [0.3, 0.4) is 0 Å². The molecule has 1 unspecified atom stereocenters. The summed E-state index contributed by atoms with van der Waals surface area (Å²) in [6.07, 6.45) is 0.137. The number of primary sulfonamides is 1. The SMILES string of the molecule is NS(=O)(=O)c1ccc(C2CNCCc3c(F)c(O)c(O)c(F)c32)cc1. The average Bonchev–Trinajstić information content (AvgIpc) is 2.80. The summed E-state index contributed by atoms with van der Waals surface area (Å²) in [5.41, 5.74) is 0.450. The number of hydrogen-bond acceptors (Lipinski definition) is 5. The third-order valence-corrected chi connectivity index (χ3v) is 5.26. The summed E-state index contributed by atoms with van der Waals surface area (Å²) in [6.45, 7) is 0.613. The number of aromatic hydroxyl groups is 2. The van der Waals surface area contributed by atoms with Gasteiger partial charge in [0.1, 0.15) is 0 Å². The summed E-state index contributed by atoms with van der Waals surface area (Å²) in [5.74, 6) is -5.05. The lowest BCUT2D eigenvalue weighted by Crippen LogP contribution is -2.21. The van der Waals surface area contributed by atoms with Gasteiger partial charge in [0.05, 0.1) is 4.90 Å². The van der Waals surface area contributed by atoms with E-state index >= 15 is 0 Å². The number of hydrogen-bond donors (Lipinski definition) is 4. The molecule has 0 bridgehead atoms. The second-order valence-corrected chi connectivity index (χ2v) is 7.40. The van der Waals surface area contributed by atoms with E-state index in [1.165, 1.54) is 24.3 Å². The molecule has 2 aromatic rings. The highest BCUT2D eigenvalue weighted by atomic mass is 32.2. The quantitative estimate of drug-likeness (QED) is 0.595. The fourth-order valence-corrected chi connectivity index (χ4v) is 3.59. The van der Waals surface area contributed by atoms with Crippen molar-refractivity contribution in [3.8, 4) is 11.5 Å². The zero-order valence-electron chi connectivity index (χ0n) is 13.0. The number of fused-ring (bicyclic) bond motifs is 1. The molecule has 134 valence electrons. The average molecular weight is 370 g/mol. The molecular weight excluding hydrogens is 354 g/mol. The third kappa shape index (κ3) is 3.06. The predicted octanol–water partition coefficient (Wildman–Crippen LogP) is 1.30. The molecule has 6 nitrogen and oxygen atoms in total. The van der Waals surface area contributed by atoms with Crippen molar-refractivity contribution in [1.29, 1.82) is 0 Å². The van der Waals surface area contributed by atoms with Crippen molar-refractivity contribution < 1.29 is 27.4 Å². The van der Waals surface area contributed by atoms with E-state index in [0.29, 0.717) is 12.1 Å². The second-order valence-electron chi connectivity index (χ2n) is 5.84. The van der Waals surface area contributed by atoms with Crippen LogP contribution in [0.15, 0.2) is 29.2 Å². The maximum Gasteiger partial charge on any atom is 0.238 e. The molecule has 0 saturated heterocycles. The fourth-order valence-electron chi connectivity index (χ4n) is 3.07. The molecule has 0 fully saturated rings. The van der Waals surface area contributed by atoms with Crippen molar-refractivity contribution in [3.05, 3.63) is 52.6 Å². The van der Waals surface area contributed by atoms with Crippen molar-refractivity contribution in [2.75, 3.05) is 13.1 Å². The Morgan fingerprint density at radius 2 is 1.68 bits per heavy atom. The number of rotatable bonds is 2. The first kappa shape index (κ1) is 17.6. The predicted molar refractivity (Wildman–Crippen MR) is 85.9 cm³/mol. The van der Waals surface area contributed by atoms with Crippen molar-refractivity contribution in [3.63, 3.8) is 0 Å². The Morgan fingerprint density at radius 3 is 2.28 bits per heavy atom. The number of nitrogens with one attached hydrogen (secondary N) is 1. The zero-order chi connectivity index (χ0) is 18.4. The van der Waals surface area contributed by atoms with Gasteiger partial charge in [0.25, 0.3) is 0 Å². The smallest absolute Gasteiger partial charge is 0.238 e. The summed E-state index contributed by atoms with van der Waals surface area (Å²) in [7, 11) is -3.87. The molecule has 1 aliphatic rings. The van der Waals surface area contributed by atoms with Gasteiger partial charge in [-0.05, 0) is 30.7 Å². The van der Waals surface area contributed by atoms with Gasteiger partial charge in [-0.2, -0.15) is 0 Å². The topological polar surface area (TPSA) is 113 Å². The Labute approximate surface area is 143 Å². The number of sulfonamides is 1. The van der Waals surface area contributed by atoms with Gasteiger partial charge in [0.2, 0.25) is 10.0 Å². The van der Waals surface area contributed by atoms with Crippen molar-refractivity contribution in [2.45, 2.75) is 17.2 Å². The van der Waals surface area contributed by atoms with Gasteiger partial charge in [-0.25, -0.2) is 22.3 Å². The van der Waals surface area contributed by atoms with Gasteiger partial charge in [-0.15, -0.1) is 0 Å². The second kappa shape index (κ2) is 6.25. The van der Waals surface area contributed by atoms with Crippen LogP contribution in [0.4, 0.5) is 8.78 Å². The Balaban J connectivity index is 2.17. The molecule has 0 aromatic heterocycles. The van der Waals surface area contributed by atoms with Gasteiger partial charge in [-0.3, -0.25) is 0 Å². The zero-order valence-corrected chi connectivity index (χ0v) is 13.8. The maximum atomic E-state index is 14.6. The van der Waals surface area contributed by atoms with Gasteiger partial charge in [0, 0.05) is 23.6 Å². The summed E-state index contributed by atoms with van der Waals surface area (Å²) in [4.78, 5) is -0.0988. The van der Waals surface area contributed by atoms with Crippen molar-refractivity contribution in [2.24, 2.45) is 5.14 Å². The largest absolute Gasteiger partial charge is 0.502 e. The van der Waals surface area contributed by atoms with E-state index in [1.54, 1.807) is 0 Å². The molecule has 2 aromatic carbocycles. The van der Waals surface area contributed by atoms with E-state index in [1.807, 2.05) is 0 Å². The summed E-state index contributed by atoms with van der Waals surface area (Å²) >= 11 is 0. The van der Waals surface area contributed by atoms with Crippen LogP contribution in [-0.4, -0.2) is 31.7 Å². The number of benzene rings is 2. The first-order chi connectivity index (χ1) is 11.7. The number of nitrogens with two attached hydrogens (primary N) is 1. The van der Waals surface area contributed by atoms with Crippen LogP contribution in [-0.2, 0) is 16.4 Å². The van der Waals surface area contributed by atoms with E-state index in [-0.39, 0.29) is 29.0 Å². The van der Waals surface area contributed by atoms with E-state index in [9.17, 15) is 27.4 Å². The maximum absolute atomic E-state index is 14.6. The monoisotopic (exact) mass is 370 g/mol. The van der Waals surface area contributed by atoms with Gasteiger partial charge >= 0.3 is 0 Å². The Morgan fingerprint density at radius 1 is 1.08 bits per heavy atom. The molecule has 0 aliphatic carbocycles. The molecule has 1 atom stereocenters. The third-order valence-electron chi connectivity index (χ3n) is 4.33. The van der Waals surface area contributed by atoms with E-state index in [0.717, 1.165) is 0 Å². The molecule has 1 aliphatic heterocycles. The summed E-state index contributed by atoms with van der Waals surface area (Å²) in [6, 6.07) is 5.48. The minimum absolute atomic E-state index is 0.0154. The highest BCUT2D eigenvalue weighted by Gasteiger charge is 2.31. The van der Waals surface area contributed by atoms with Crippen molar-refractivity contribution >= 4 is 10.0 Å². The minimum atomic E-state index is -3.87. The molecule has 9 heteroatoms. The first-order valence-electron chi connectivity index (χ1n) is 7.47. The highest BCUT2D eigenvalue weighted by molar-refractivity contribution is 7.89. The molecule has 0 amide bonds. The van der Waals surface area contributed by atoms with Crippen LogP contribution < -0.4 is 10.5 Å². The van der Waals surface area contributed by atoms with E-state index in [2.05, 4.69) is 5.32 Å². The van der Waals surface area contributed by atoms with Gasteiger partial charge in [0.15, 0.2) is 23.1 Å². The normalized spacial score (nSPS) is 17.8.